The maximum absolute atomic E-state index is 12.0. The van der Waals surface area contributed by atoms with Crippen molar-refractivity contribution in [2.45, 2.75) is 77.6 Å². The zero-order valence-corrected chi connectivity index (χ0v) is 14.1. The molecule has 0 aromatic carbocycles. The molecule has 1 aliphatic rings. The average molecular weight is 298 g/mol. The SMILES string of the molecule is CCCCC1CCC(C(=O)OCCCCCCOC)CC1. The van der Waals surface area contributed by atoms with E-state index in [9.17, 15) is 4.79 Å². The van der Waals surface area contributed by atoms with Crippen LogP contribution in [0.15, 0.2) is 0 Å². The average Bonchev–Trinajstić information content (AvgIpc) is 2.52. The van der Waals surface area contributed by atoms with E-state index in [1.807, 2.05) is 0 Å². The number of hydrogen-bond acceptors (Lipinski definition) is 3. The van der Waals surface area contributed by atoms with Gasteiger partial charge in [-0.05, 0) is 50.9 Å². The van der Waals surface area contributed by atoms with Gasteiger partial charge in [-0.25, -0.2) is 0 Å². The third kappa shape index (κ3) is 8.45. The van der Waals surface area contributed by atoms with Crippen LogP contribution in [0.2, 0.25) is 0 Å². The first kappa shape index (κ1) is 18.5. The Hall–Kier alpha value is -0.570. The predicted molar refractivity (Wildman–Crippen MR) is 86.3 cm³/mol. The highest BCUT2D eigenvalue weighted by Crippen LogP contribution is 2.32. The number of unbranched alkanes of at least 4 members (excludes halogenated alkanes) is 4. The van der Waals surface area contributed by atoms with Crippen molar-refractivity contribution in [1.29, 1.82) is 0 Å². The molecular formula is C18H34O3. The molecule has 0 bridgehead atoms. The zero-order valence-electron chi connectivity index (χ0n) is 14.1. The van der Waals surface area contributed by atoms with E-state index >= 15 is 0 Å². The van der Waals surface area contributed by atoms with E-state index in [0.717, 1.165) is 51.0 Å². The van der Waals surface area contributed by atoms with E-state index in [1.165, 1.54) is 32.1 Å². The lowest BCUT2D eigenvalue weighted by atomic mass is 9.80. The molecule has 1 aliphatic carbocycles. The van der Waals surface area contributed by atoms with Crippen LogP contribution < -0.4 is 0 Å². The second kappa shape index (κ2) is 12.0. The summed E-state index contributed by atoms with van der Waals surface area (Å²) in [4.78, 5) is 12.0. The smallest absolute Gasteiger partial charge is 0.308 e. The van der Waals surface area contributed by atoms with Gasteiger partial charge in [-0.1, -0.05) is 32.6 Å². The van der Waals surface area contributed by atoms with Crippen molar-refractivity contribution in [3.63, 3.8) is 0 Å². The van der Waals surface area contributed by atoms with Gasteiger partial charge in [0.2, 0.25) is 0 Å². The summed E-state index contributed by atoms with van der Waals surface area (Å²) in [6.07, 6.45) is 12.9. The summed E-state index contributed by atoms with van der Waals surface area (Å²) in [7, 11) is 1.73. The number of hydrogen-bond donors (Lipinski definition) is 0. The van der Waals surface area contributed by atoms with Crippen molar-refractivity contribution in [3.8, 4) is 0 Å². The van der Waals surface area contributed by atoms with Crippen molar-refractivity contribution < 1.29 is 14.3 Å². The highest BCUT2D eigenvalue weighted by molar-refractivity contribution is 5.72. The molecule has 1 rings (SSSR count). The summed E-state index contributed by atoms with van der Waals surface area (Å²) in [5.41, 5.74) is 0. The fraction of sp³-hybridized carbons (Fsp3) is 0.944. The molecule has 0 atom stereocenters. The van der Waals surface area contributed by atoms with E-state index in [0.29, 0.717) is 6.61 Å². The molecule has 3 nitrogen and oxygen atoms in total. The normalized spacial score (nSPS) is 22.2. The maximum Gasteiger partial charge on any atom is 0.308 e. The molecule has 0 amide bonds. The van der Waals surface area contributed by atoms with Crippen molar-refractivity contribution in [2.75, 3.05) is 20.3 Å². The molecular weight excluding hydrogens is 264 g/mol. The topological polar surface area (TPSA) is 35.5 Å². The number of carbonyl (C=O) groups is 1. The zero-order chi connectivity index (χ0) is 15.3. The number of rotatable bonds is 11. The van der Waals surface area contributed by atoms with Crippen LogP contribution in [0.25, 0.3) is 0 Å². The van der Waals surface area contributed by atoms with Gasteiger partial charge in [0.25, 0.3) is 0 Å². The van der Waals surface area contributed by atoms with Crippen LogP contribution >= 0.6 is 0 Å². The van der Waals surface area contributed by atoms with E-state index in [-0.39, 0.29) is 11.9 Å². The van der Waals surface area contributed by atoms with E-state index < -0.39 is 0 Å². The van der Waals surface area contributed by atoms with Crippen molar-refractivity contribution >= 4 is 5.97 Å². The predicted octanol–water partition coefficient (Wildman–Crippen LogP) is 4.73. The van der Waals surface area contributed by atoms with Gasteiger partial charge < -0.3 is 9.47 Å². The van der Waals surface area contributed by atoms with Gasteiger partial charge in [0.05, 0.1) is 12.5 Å². The Morgan fingerprint density at radius 1 is 0.952 bits per heavy atom. The largest absolute Gasteiger partial charge is 0.465 e. The molecule has 0 radical (unpaired) electrons. The highest BCUT2D eigenvalue weighted by atomic mass is 16.5. The highest BCUT2D eigenvalue weighted by Gasteiger charge is 2.26. The lowest BCUT2D eigenvalue weighted by Gasteiger charge is -2.27. The molecule has 0 saturated heterocycles. The van der Waals surface area contributed by atoms with Gasteiger partial charge in [-0.2, -0.15) is 0 Å². The first-order valence-electron chi connectivity index (χ1n) is 8.93. The van der Waals surface area contributed by atoms with Gasteiger partial charge in [0, 0.05) is 13.7 Å². The molecule has 1 fully saturated rings. The summed E-state index contributed by atoms with van der Waals surface area (Å²) >= 11 is 0. The number of esters is 1. The quantitative estimate of drug-likeness (QED) is 0.408. The van der Waals surface area contributed by atoms with Crippen LogP contribution in [0.3, 0.4) is 0 Å². The minimum atomic E-state index is 0.0563. The first-order chi connectivity index (χ1) is 10.3. The Morgan fingerprint density at radius 3 is 2.24 bits per heavy atom. The Morgan fingerprint density at radius 2 is 1.62 bits per heavy atom. The second-order valence-corrected chi connectivity index (χ2v) is 6.43. The first-order valence-corrected chi connectivity index (χ1v) is 8.93. The Kier molecular flexibility index (Phi) is 10.6. The van der Waals surface area contributed by atoms with Crippen molar-refractivity contribution in [1.82, 2.24) is 0 Å². The maximum atomic E-state index is 12.0. The summed E-state index contributed by atoms with van der Waals surface area (Å²) in [6, 6.07) is 0. The lowest BCUT2D eigenvalue weighted by molar-refractivity contribution is -0.150. The Balaban J connectivity index is 2.00. The number of methoxy groups -OCH3 is 1. The Labute approximate surface area is 130 Å². The van der Waals surface area contributed by atoms with Gasteiger partial charge in [-0.15, -0.1) is 0 Å². The molecule has 1 saturated carbocycles. The summed E-state index contributed by atoms with van der Waals surface area (Å²) < 4.78 is 10.4. The Bertz CT molecular complexity index is 257. The molecule has 21 heavy (non-hydrogen) atoms. The van der Waals surface area contributed by atoms with Gasteiger partial charge >= 0.3 is 5.97 Å². The molecule has 0 aromatic rings. The summed E-state index contributed by atoms with van der Waals surface area (Å²) in [6.45, 7) is 3.68. The molecule has 0 aromatic heterocycles. The van der Waals surface area contributed by atoms with E-state index in [2.05, 4.69) is 6.92 Å². The monoisotopic (exact) mass is 298 g/mol. The molecule has 3 heteroatoms. The van der Waals surface area contributed by atoms with Crippen LogP contribution in [-0.4, -0.2) is 26.3 Å². The minimum absolute atomic E-state index is 0.0563. The van der Waals surface area contributed by atoms with Crippen LogP contribution in [0.5, 0.6) is 0 Å². The lowest BCUT2D eigenvalue weighted by Crippen LogP contribution is -2.24. The molecule has 0 N–H and O–H groups in total. The van der Waals surface area contributed by atoms with Crippen LogP contribution in [0.1, 0.15) is 77.6 Å². The molecule has 0 heterocycles. The third-order valence-corrected chi connectivity index (χ3v) is 4.63. The fourth-order valence-electron chi connectivity index (χ4n) is 3.17. The van der Waals surface area contributed by atoms with E-state index in [1.54, 1.807) is 7.11 Å². The van der Waals surface area contributed by atoms with Crippen LogP contribution in [0, 0.1) is 11.8 Å². The minimum Gasteiger partial charge on any atom is -0.465 e. The molecule has 124 valence electrons. The van der Waals surface area contributed by atoms with Gasteiger partial charge in [0.1, 0.15) is 0 Å². The summed E-state index contributed by atoms with van der Waals surface area (Å²) in [5, 5.41) is 0. The third-order valence-electron chi connectivity index (χ3n) is 4.63. The molecule has 0 spiro atoms. The van der Waals surface area contributed by atoms with Crippen molar-refractivity contribution in [2.24, 2.45) is 11.8 Å². The summed E-state index contributed by atoms with van der Waals surface area (Å²) in [5.74, 6) is 1.09. The van der Waals surface area contributed by atoms with Crippen LogP contribution in [0.4, 0.5) is 0 Å². The second-order valence-electron chi connectivity index (χ2n) is 6.43. The fourth-order valence-corrected chi connectivity index (χ4v) is 3.17. The number of ether oxygens (including phenoxy) is 2. The standard InChI is InChI=1S/C18H34O3/c1-3-4-9-16-10-12-17(13-11-16)18(19)21-15-8-6-5-7-14-20-2/h16-17H,3-15H2,1-2H3. The van der Waals surface area contributed by atoms with Gasteiger partial charge in [0.15, 0.2) is 0 Å². The van der Waals surface area contributed by atoms with E-state index in [4.69, 9.17) is 9.47 Å². The molecule has 0 unspecified atom stereocenters. The molecule has 0 aliphatic heterocycles. The number of carbonyl (C=O) groups excluding carboxylic acids is 1. The van der Waals surface area contributed by atoms with Crippen LogP contribution in [-0.2, 0) is 14.3 Å². The van der Waals surface area contributed by atoms with Crippen molar-refractivity contribution in [3.05, 3.63) is 0 Å². The van der Waals surface area contributed by atoms with Gasteiger partial charge in [-0.3, -0.25) is 4.79 Å².